The highest BCUT2D eigenvalue weighted by Crippen LogP contribution is 2.18. The van der Waals surface area contributed by atoms with E-state index >= 15 is 0 Å². The van der Waals surface area contributed by atoms with E-state index in [2.05, 4.69) is 5.32 Å². The molecule has 0 aliphatic carbocycles. The SMILES string of the molecule is Nc1cccc(C(=O)Nc2cccc(F)c2F)c1. The summed E-state index contributed by atoms with van der Waals surface area (Å²) in [6.07, 6.45) is 0. The maximum absolute atomic E-state index is 13.3. The fourth-order valence-electron chi connectivity index (χ4n) is 1.47. The number of amides is 1. The number of nitrogens with two attached hydrogens (primary N) is 1. The molecule has 0 radical (unpaired) electrons. The van der Waals surface area contributed by atoms with E-state index in [-0.39, 0.29) is 11.3 Å². The smallest absolute Gasteiger partial charge is 0.255 e. The van der Waals surface area contributed by atoms with Gasteiger partial charge in [-0.05, 0) is 30.3 Å². The highest BCUT2D eigenvalue weighted by Gasteiger charge is 2.12. The van der Waals surface area contributed by atoms with Crippen LogP contribution in [0.2, 0.25) is 0 Å². The summed E-state index contributed by atoms with van der Waals surface area (Å²) >= 11 is 0. The van der Waals surface area contributed by atoms with Gasteiger partial charge < -0.3 is 11.1 Å². The average Bonchev–Trinajstić information content (AvgIpc) is 2.35. The molecule has 0 atom stereocenters. The average molecular weight is 248 g/mol. The number of benzene rings is 2. The van der Waals surface area contributed by atoms with Crippen LogP contribution in [0.3, 0.4) is 0 Å². The van der Waals surface area contributed by atoms with Crippen LogP contribution in [0.1, 0.15) is 10.4 Å². The Morgan fingerprint density at radius 1 is 1.11 bits per heavy atom. The van der Waals surface area contributed by atoms with Crippen molar-refractivity contribution in [3.8, 4) is 0 Å². The highest BCUT2D eigenvalue weighted by atomic mass is 19.2. The van der Waals surface area contributed by atoms with Crippen molar-refractivity contribution in [1.29, 1.82) is 0 Å². The lowest BCUT2D eigenvalue weighted by atomic mass is 10.2. The van der Waals surface area contributed by atoms with E-state index in [9.17, 15) is 13.6 Å². The first-order valence-corrected chi connectivity index (χ1v) is 5.19. The third-order valence-corrected chi connectivity index (χ3v) is 2.35. The second-order valence-electron chi connectivity index (χ2n) is 3.68. The van der Waals surface area contributed by atoms with Crippen LogP contribution >= 0.6 is 0 Å². The largest absolute Gasteiger partial charge is 0.399 e. The molecule has 2 aromatic rings. The minimum absolute atomic E-state index is 0.206. The number of hydrogen-bond donors (Lipinski definition) is 2. The Hall–Kier alpha value is -2.43. The van der Waals surface area contributed by atoms with Crippen molar-refractivity contribution in [2.45, 2.75) is 0 Å². The number of carbonyl (C=O) groups is 1. The molecule has 3 nitrogen and oxygen atoms in total. The van der Waals surface area contributed by atoms with E-state index in [4.69, 9.17) is 5.73 Å². The summed E-state index contributed by atoms with van der Waals surface area (Å²) in [4.78, 5) is 11.8. The van der Waals surface area contributed by atoms with Gasteiger partial charge in [0, 0.05) is 11.3 Å². The molecule has 3 N–H and O–H groups in total. The van der Waals surface area contributed by atoms with E-state index in [0.29, 0.717) is 5.69 Å². The zero-order valence-electron chi connectivity index (χ0n) is 9.28. The molecule has 0 aliphatic heterocycles. The zero-order chi connectivity index (χ0) is 13.1. The maximum atomic E-state index is 13.3. The second-order valence-corrected chi connectivity index (χ2v) is 3.68. The summed E-state index contributed by atoms with van der Waals surface area (Å²) in [5.74, 6) is -2.65. The molecule has 5 heteroatoms. The lowest BCUT2D eigenvalue weighted by Gasteiger charge is -2.07. The van der Waals surface area contributed by atoms with Crippen LogP contribution < -0.4 is 11.1 Å². The minimum atomic E-state index is -1.09. The minimum Gasteiger partial charge on any atom is -0.399 e. The molecular formula is C13H10F2N2O. The third kappa shape index (κ3) is 2.45. The molecule has 0 spiro atoms. The molecule has 2 rings (SSSR count). The Bertz CT molecular complexity index is 599. The van der Waals surface area contributed by atoms with Crippen molar-refractivity contribution < 1.29 is 13.6 Å². The number of anilines is 2. The predicted molar refractivity (Wildman–Crippen MR) is 65.2 cm³/mol. The quantitative estimate of drug-likeness (QED) is 0.803. The third-order valence-electron chi connectivity index (χ3n) is 2.35. The number of carbonyl (C=O) groups excluding carboxylic acids is 1. The van der Waals surface area contributed by atoms with Crippen LogP contribution in [0.15, 0.2) is 42.5 Å². The van der Waals surface area contributed by atoms with Crippen molar-refractivity contribution in [3.63, 3.8) is 0 Å². The first-order valence-electron chi connectivity index (χ1n) is 5.19. The lowest BCUT2D eigenvalue weighted by Crippen LogP contribution is -2.13. The van der Waals surface area contributed by atoms with Crippen LogP contribution in [0.25, 0.3) is 0 Å². The van der Waals surface area contributed by atoms with Crippen molar-refractivity contribution in [2.24, 2.45) is 0 Å². The van der Waals surface area contributed by atoms with Gasteiger partial charge >= 0.3 is 0 Å². The number of halogens is 2. The van der Waals surface area contributed by atoms with Gasteiger partial charge in [0.2, 0.25) is 0 Å². The summed E-state index contributed by atoms with van der Waals surface area (Å²) in [7, 11) is 0. The summed E-state index contributed by atoms with van der Waals surface area (Å²) < 4.78 is 26.3. The summed E-state index contributed by atoms with van der Waals surface area (Å²) in [5.41, 5.74) is 6.02. The molecule has 1 amide bonds. The first-order chi connectivity index (χ1) is 8.58. The Kier molecular flexibility index (Phi) is 3.23. The summed E-state index contributed by atoms with van der Waals surface area (Å²) in [5, 5.41) is 2.29. The van der Waals surface area contributed by atoms with Crippen LogP contribution in [-0.4, -0.2) is 5.91 Å². The predicted octanol–water partition coefficient (Wildman–Crippen LogP) is 2.80. The van der Waals surface area contributed by atoms with Crippen LogP contribution in [0.4, 0.5) is 20.2 Å². The van der Waals surface area contributed by atoms with Crippen LogP contribution in [-0.2, 0) is 0 Å². The van der Waals surface area contributed by atoms with Gasteiger partial charge in [0.25, 0.3) is 5.91 Å². The number of nitrogens with one attached hydrogen (secondary N) is 1. The molecule has 0 fully saturated rings. The van der Waals surface area contributed by atoms with Crippen LogP contribution in [0, 0.1) is 11.6 Å². The molecule has 92 valence electrons. The maximum Gasteiger partial charge on any atom is 0.255 e. The van der Waals surface area contributed by atoms with Crippen molar-refractivity contribution >= 4 is 17.3 Å². The Balaban J connectivity index is 2.24. The van der Waals surface area contributed by atoms with Gasteiger partial charge in [-0.2, -0.15) is 0 Å². The molecule has 18 heavy (non-hydrogen) atoms. The van der Waals surface area contributed by atoms with Gasteiger partial charge in [-0.3, -0.25) is 4.79 Å². The van der Waals surface area contributed by atoms with Crippen molar-refractivity contribution in [2.75, 3.05) is 11.1 Å². The van der Waals surface area contributed by atoms with E-state index < -0.39 is 17.5 Å². The monoisotopic (exact) mass is 248 g/mol. The molecule has 0 saturated heterocycles. The van der Waals surface area contributed by atoms with E-state index in [1.807, 2.05) is 0 Å². The fourth-order valence-corrected chi connectivity index (χ4v) is 1.47. The van der Waals surface area contributed by atoms with Gasteiger partial charge in [-0.1, -0.05) is 12.1 Å². The summed E-state index contributed by atoms with van der Waals surface area (Å²) in [6.45, 7) is 0. The van der Waals surface area contributed by atoms with Crippen molar-refractivity contribution in [1.82, 2.24) is 0 Å². The zero-order valence-corrected chi connectivity index (χ0v) is 9.28. The molecule has 0 aliphatic rings. The van der Waals surface area contributed by atoms with Gasteiger partial charge in [-0.15, -0.1) is 0 Å². The molecule has 0 bridgehead atoms. The fraction of sp³-hybridized carbons (Fsp3) is 0. The van der Waals surface area contributed by atoms with Crippen LogP contribution in [0.5, 0.6) is 0 Å². The Labute approximate surface area is 102 Å². The molecule has 0 heterocycles. The van der Waals surface area contributed by atoms with Crippen molar-refractivity contribution in [3.05, 3.63) is 59.7 Å². The Morgan fingerprint density at radius 3 is 2.56 bits per heavy atom. The topological polar surface area (TPSA) is 55.1 Å². The van der Waals surface area contributed by atoms with E-state index in [0.717, 1.165) is 6.07 Å². The molecule has 2 aromatic carbocycles. The highest BCUT2D eigenvalue weighted by molar-refractivity contribution is 6.04. The van der Waals surface area contributed by atoms with E-state index in [1.54, 1.807) is 12.1 Å². The van der Waals surface area contributed by atoms with Gasteiger partial charge in [-0.25, -0.2) is 8.78 Å². The van der Waals surface area contributed by atoms with Gasteiger partial charge in [0.1, 0.15) is 0 Å². The molecular weight excluding hydrogens is 238 g/mol. The number of nitrogen functional groups attached to an aromatic ring is 1. The Morgan fingerprint density at radius 2 is 1.83 bits per heavy atom. The molecule has 0 saturated carbocycles. The normalized spacial score (nSPS) is 10.1. The standard InChI is InChI=1S/C13H10F2N2O/c14-10-5-2-6-11(12(10)15)17-13(18)8-3-1-4-9(16)7-8/h1-7H,16H2,(H,17,18). The number of rotatable bonds is 2. The number of hydrogen-bond acceptors (Lipinski definition) is 2. The lowest BCUT2D eigenvalue weighted by molar-refractivity contribution is 0.102. The van der Waals surface area contributed by atoms with E-state index in [1.165, 1.54) is 24.3 Å². The second kappa shape index (κ2) is 4.83. The summed E-state index contributed by atoms with van der Waals surface area (Å²) in [6, 6.07) is 9.78. The van der Waals surface area contributed by atoms with Gasteiger partial charge in [0.15, 0.2) is 11.6 Å². The molecule has 0 unspecified atom stereocenters. The van der Waals surface area contributed by atoms with Gasteiger partial charge in [0.05, 0.1) is 5.69 Å². The first kappa shape index (κ1) is 12.0. The molecule has 0 aromatic heterocycles.